The molecular formula is C15H19N3O3. The third-order valence-corrected chi connectivity index (χ3v) is 4.25. The van der Waals surface area contributed by atoms with Gasteiger partial charge in [0, 0.05) is 30.3 Å². The van der Waals surface area contributed by atoms with Gasteiger partial charge in [0.05, 0.1) is 12.1 Å². The van der Waals surface area contributed by atoms with E-state index in [0.717, 1.165) is 18.5 Å². The molecular weight excluding hydrogens is 270 g/mol. The number of rotatable bonds is 4. The molecule has 2 aromatic heterocycles. The van der Waals surface area contributed by atoms with E-state index in [1.165, 1.54) is 23.4 Å². The van der Waals surface area contributed by atoms with Crippen molar-refractivity contribution < 1.29 is 9.90 Å². The Hall–Kier alpha value is -2.11. The fourth-order valence-electron chi connectivity index (χ4n) is 3.26. The van der Waals surface area contributed by atoms with Crippen molar-refractivity contribution in [2.75, 3.05) is 0 Å². The Morgan fingerprint density at radius 3 is 2.71 bits per heavy atom. The first-order valence-electron chi connectivity index (χ1n) is 7.44. The molecule has 0 aromatic carbocycles. The monoisotopic (exact) mass is 289 g/mol. The lowest BCUT2D eigenvalue weighted by atomic mass is 10.0. The van der Waals surface area contributed by atoms with Crippen LogP contribution in [-0.2, 0) is 17.8 Å². The summed E-state index contributed by atoms with van der Waals surface area (Å²) in [6.07, 6.45) is 4.50. The van der Waals surface area contributed by atoms with Crippen molar-refractivity contribution in [2.45, 2.75) is 51.5 Å². The Balaban J connectivity index is 2.16. The van der Waals surface area contributed by atoms with Crippen LogP contribution in [0.25, 0.3) is 5.65 Å². The molecule has 0 radical (unpaired) electrons. The molecule has 1 aliphatic carbocycles. The summed E-state index contributed by atoms with van der Waals surface area (Å²) >= 11 is 0. The molecule has 0 atom stereocenters. The highest BCUT2D eigenvalue weighted by atomic mass is 16.4. The number of fused-ring (bicyclic) bond motifs is 1. The third-order valence-electron chi connectivity index (χ3n) is 4.25. The van der Waals surface area contributed by atoms with Gasteiger partial charge in [0.1, 0.15) is 5.65 Å². The molecule has 6 heteroatoms. The average Bonchev–Trinajstić information content (AvgIpc) is 3.07. The molecule has 3 rings (SSSR count). The van der Waals surface area contributed by atoms with E-state index in [-0.39, 0.29) is 12.0 Å². The summed E-state index contributed by atoms with van der Waals surface area (Å²) in [5, 5.41) is 13.4. The van der Waals surface area contributed by atoms with Gasteiger partial charge in [-0.25, -0.2) is 0 Å². The largest absolute Gasteiger partial charge is 0.481 e. The molecule has 1 N–H and O–H groups in total. The molecule has 0 spiro atoms. The van der Waals surface area contributed by atoms with Crippen LogP contribution >= 0.6 is 0 Å². The number of hydrogen-bond acceptors (Lipinski definition) is 3. The maximum absolute atomic E-state index is 12.2. The van der Waals surface area contributed by atoms with Crippen LogP contribution in [0.15, 0.2) is 16.9 Å². The molecule has 1 aliphatic rings. The smallest absolute Gasteiger partial charge is 0.309 e. The Morgan fingerprint density at radius 2 is 2.10 bits per heavy atom. The minimum atomic E-state index is -0.934. The van der Waals surface area contributed by atoms with Crippen molar-refractivity contribution in [2.24, 2.45) is 0 Å². The van der Waals surface area contributed by atoms with Crippen molar-refractivity contribution in [3.8, 4) is 0 Å². The SMILES string of the molecule is CCn1c(CC(=O)O)cc(=O)n2nc(C3CCCC3)cc12. The fourth-order valence-corrected chi connectivity index (χ4v) is 3.26. The first-order valence-corrected chi connectivity index (χ1v) is 7.44. The van der Waals surface area contributed by atoms with E-state index in [1.807, 2.05) is 17.6 Å². The minimum Gasteiger partial charge on any atom is -0.481 e. The van der Waals surface area contributed by atoms with Crippen molar-refractivity contribution in [1.82, 2.24) is 14.2 Å². The molecule has 2 heterocycles. The summed E-state index contributed by atoms with van der Waals surface area (Å²) in [6, 6.07) is 3.34. The second-order valence-electron chi connectivity index (χ2n) is 5.61. The zero-order valence-electron chi connectivity index (χ0n) is 12.1. The van der Waals surface area contributed by atoms with E-state index in [1.54, 1.807) is 0 Å². The van der Waals surface area contributed by atoms with Crippen LogP contribution in [0.1, 0.15) is 49.9 Å². The lowest BCUT2D eigenvalue weighted by Crippen LogP contribution is -2.22. The molecule has 1 saturated carbocycles. The maximum atomic E-state index is 12.2. The highest BCUT2D eigenvalue weighted by molar-refractivity contribution is 5.70. The highest BCUT2D eigenvalue weighted by Crippen LogP contribution is 2.33. The third kappa shape index (κ3) is 2.46. The minimum absolute atomic E-state index is 0.149. The van der Waals surface area contributed by atoms with Crippen molar-refractivity contribution in [1.29, 1.82) is 0 Å². The first kappa shape index (κ1) is 13.9. The van der Waals surface area contributed by atoms with E-state index < -0.39 is 5.97 Å². The fraction of sp³-hybridized carbons (Fsp3) is 0.533. The van der Waals surface area contributed by atoms with Crippen LogP contribution in [0.5, 0.6) is 0 Å². The Bertz CT molecular complexity index is 738. The number of carboxylic acids is 1. The van der Waals surface area contributed by atoms with Gasteiger partial charge in [-0.2, -0.15) is 9.61 Å². The second-order valence-corrected chi connectivity index (χ2v) is 5.61. The number of carbonyl (C=O) groups is 1. The van der Waals surface area contributed by atoms with E-state index in [9.17, 15) is 9.59 Å². The molecule has 2 aromatic rings. The molecule has 6 nitrogen and oxygen atoms in total. The van der Waals surface area contributed by atoms with Crippen LogP contribution in [0.2, 0.25) is 0 Å². The van der Waals surface area contributed by atoms with E-state index in [2.05, 4.69) is 5.10 Å². The summed E-state index contributed by atoms with van der Waals surface area (Å²) < 4.78 is 3.27. The van der Waals surface area contributed by atoms with Crippen LogP contribution < -0.4 is 5.56 Å². The van der Waals surface area contributed by atoms with Gasteiger partial charge in [-0.15, -0.1) is 0 Å². The lowest BCUT2D eigenvalue weighted by Gasteiger charge is -2.11. The standard InChI is InChI=1S/C15H19N3O3/c1-2-17-11(8-15(20)21)7-14(19)18-13(17)9-12(16-18)10-5-3-4-6-10/h7,9-10H,2-6,8H2,1H3,(H,20,21). The average molecular weight is 289 g/mol. The van der Waals surface area contributed by atoms with Gasteiger partial charge in [0.15, 0.2) is 0 Å². The Kier molecular flexibility index (Phi) is 3.53. The number of aromatic nitrogens is 3. The topological polar surface area (TPSA) is 76.6 Å². The lowest BCUT2D eigenvalue weighted by molar-refractivity contribution is -0.136. The predicted octanol–water partition coefficient (Wildman–Crippen LogP) is 1.80. The molecule has 21 heavy (non-hydrogen) atoms. The summed E-state index contributed by atoms with van der Waals surface area (Å²) in [7, 11) is 0. The Labute approximate surface area is 122 Å². The molecule has 0 amide bonds. The van der Waals surface area contributed by atoms with E-state index >= 15 is 0 Å². The number of hydrogen-bond donors (Lipinski definition) is 1. The van der Waals surface area contributed by atoms with Crippen molar-refractivity contribution in [3.63, 3.8) is 0 Å². The first-order chi connectivity index (χ1) is 10.1. The summed E-state index contributed by atoms with van der Waals surface area (Å²) in [4.78, 5) is 23.1. The van der Waals surface area contributed by atoms with Gasteiger partial charge in [0.25, 0.3) is 5.56 Å². The zero-order valence-corrected chi connectivity index (χ0v) is 12.1. The number of aliphatic carboxylic acids is 1. The van der Waals surface area contributed by atoms with Crippen LogP contribution in [0, 0.1) is 0 Å². The van der Waals surface area contributed by atoms with Crippen LogP contribution in [-0.4, -0.2) is 25.3 Å². The predicted molar refractivity (Wildman–Crippen MR) is 77.7 cm³/mol. The normalized spacial score (nSPS) is 15.9. The second kappa shape index (κ2) is 5.35. The molecule has 0 unspecified atom stereocenters. The molecule has 112 valence electrons. The van der Waals surface area contributed by atoms with E-state index in [0.29, 0.717) is 23.8 Å². The van der Waals surface area contributed by atoms with Gasteiger partial charge < -0.3 is 9.67 Å². The van der Waals surface area contributed by atoms with Gasteiger partial charge in [0.2, 0.25) is 0 Å². The van der Waals surface area contributed by atoms with Crippen LogP contribution in [0.3, 0.4) is 0 Å². The van der Waals surface area contributed by atoms with Crippen molar-refractivity contribution >= 4 is 11.6 Å². The summed E-state index contributed by atoms with van der Waals surface area (Å²) in [5.74, 6) is -0.506. The number of aryl methyl sites for hydroxylation is 1. The summed E-state index contributed by atoms with van der Waals surface area (Å²) in [6.45, 7) is 2.56. The van der Waals surface area contributed by atoms with Gasteiger partial charge in [-0.1, -0.05) is 12.8 Å². The Morgan fingerprint density at radius 1 is 1.38 bits per heavy atom. The quantitative estimate of drug-likeness (QED) is 0.931. The number of carboxylic acid groups (broad SMARTS) is 1. The van der Waals surface area contributed by atoms with Crippen molar-refractivity contribution in [3.05, 3.63) is 33.9 Å². The van der Waals surface area contributed by atoms with E-state index in [4.69, 9.17) is 5.11 Å². The number of nitrogens with zero attached hydrogens (tertiary/aromatic N) is 3. The summed E-state index contributed by atoms with van der Waals surface area (Å²) in [5.41, 5.74) is 1.93. The highest BCUT2D eigenvalue weighted by Gasteiger charge is 2.22. The maximum Gasteiger partial charge on any atom is 0.309 e. The molecule has 1 fully saturated rings. The van der Waals surface area contributed by atoms with Crippen LogP contribution in [0.4, 0.5) is 0 Å². The zero-order chi connectivity index (χ0) is 15.0. The molecule has 0 bridgehead atoms. The molecule has 0 saturated heterocycles. The van der Waals surface area contributed by atoms with Gasteiger partial charge in [-0.3, -0.25) is 9.59 Å². The van der Waals surface area contributed by atoms with Gasteiger partial charge >= 0.3 is 5.97 Å². The van der Waals surface area contributed by atoms with Gasteiger partial charge in [-0.05, 0) is 19.8 Å². The molecule has 0 aliphatic heterocycles.